The molecule has 7 heteroatoms. The highest BCUT2D eigenvalue weighted by Gasteiger charge is 2.10. The molecule has 0 radical (unpaired) electrons. The van der Waals surface area contributed by atoms with E-state index in [9.17, 15) is 4.79 Å². The minimum atomic E-state index is -1.07. The van der Waals surface area contributed by atoms with E-state index < -0.39 is 6.09 Å². The average Bonchev–Trinajstić information content (AvgIpc) is 2.75. The molecule has 0 saturated carbocycles. The molecule has 1 saturated heterocycles. The summed E-state index contributed by atoms with van der Waals surface area (Å²) in [7, 11) is 0. The predicted molar refractivity (Wildman–Crippen MR) is 61.1 cm³/mol. The molecular weight excluding hydrogens is 224 g/mol. The molecule has 7 nitrogen and oxygen atoms in total. The van der Waals surface area contributed by atoms with Crippen molar-refractivity contribution in [3.8, 4) is 0 Å². The summed E-state index contributed by atoms with van der Waals surface area (Å²) in [6.07, 6.45) is 2.12. The number of hydrogen-bond donors (Lipinski definition) is 2. The predicted octanol–water partition coefficient (Wildman–Crippen LogP) is 0.305. The first kappa shape index (κ1) is 11.9. The number of nitrogens with zero attached hydrogens (tertiary/aromatic N) is 3. The monoisotopic (exact) mass is 240 g/mol. The van der Waals surface area contributed by atoms with Crippen LogP contribution in [0.1, 0.15) is 0 Å². The molecule has 0 aromatic carbocycles. The lowest BCUT2D eigenvalue weighted by Crippen LogP contribution is -2.38. The summed E-state index contributed by atoms with van der Waals surface area (Å²) in [5, 5.41) is 14.9. The van der Waals surface area contributed by atoms with E-state index in [4.69, 9.17) is 9.84 Å². The Morgan fingerprint density at radius 1 is 1.47 bits per heavy atom. The van der Waals surface area contributed by atoms with Crippen LogP contribution in [0.5, 0.6) is 0 Å². The fourth-order valence-electron chi connectivity index (χ4n) is 1.74. The number of ether oxygens (including phenoxy) is 1. The standard InChI is InChI=1S/C10H16N4O3/c15-10(16)12-9-7-11-14(8-9)2-1-13-3-5-17-6-4-13/h7-8,12H,1-6H2,(H,15,16). The van der Waals surface area contributed by atoms with Crippen LogP contribution in [-0.2, 0) is 11.3 Å². The molecule has 94 valence electrons. The summed E-state index contributed by atoms with van der Waals surface area (Å²) in [4.78, 5) is 12.7. The van der Waals surface area contributed by atoms with Gasteiger partial charge >= 0.3 is 6.09 Å². The molecular formula is C10H16N4O3. The first-order valence-corrected chi connectivity index (χ1v) is 5.56. The average molecular weight is 240 g/mol. The quantitative estimate of drug-likeness (QED) is 0.791. The summed E-state index contributed by atoms with van der Waals surface area (Å²) in [6.45, 7) is 5.11. The highest BCUT2D eigenvalue weighted by molar-refractivity contribution is 5.82. The molecule has 1 amide bonds. The highest BCUT2D eigenvalue weighted by Crippen LogP contribution is 2.05. The van der Waals surface area contributed by atoms with Gasteiger partial charge in [-0.05, 0) is 0 Å². The molecule has 0 unspecified atom stereocenters. The van der Waals surface area contributed by atoms with Gasteiger partial charge in [0.25, 0.3) is 0 Å². The third-order valence-corrected chi connectivity index (χ3v) is 2.63. The number of hydrogen-bond acceptors (Lipinski definition) is 4. The normalized spacial score (nSPS) is 16.9. The number of carboxylic acid groups (broad SMARTS) is 1. The van der Waals surface area contributed by atoms with E-state index in [0.717, 1.165) is 39.4 Å². The molecule has 1 aromatic rings. The number of carbonyl (C=O) groups is 1. The topological polar surface area (TPSA) is 79.6 Å². The summed E-state index contributed by atoms with van der Waals surface area (Å²) in [6, 6.07) is 0. The molecule has 1 aliphatic rings. The SMILES string of the molecule is O=C(O)Nc1cnn(CCN2CCOCC2)c1. The largest absolute Gasteiger partial charge is 0.465 e. The maximum atomic E-state index is 10.4. The highest BCUT2D eigenvalue weighted by atomic mass is 16.5. The van der Waals surface area contributed by atoms with Gasteiger partial charge in [-0.1, -0.05) is 0 Å². The number of nitrogens with one attached hydrogen (secondary N) is 1. The second kappa shape index (κ2) is 5.65. The van der Waals surface area contributed by atoms with Crippen LogP contribution in [0.3, 0.4) is 0 Å². The van der Waals surface area contributed by atoms with Crippen molar-refractivity contribution < 1.29 is 14.6 Å². The van der Waals surface area contributed by atoms with Gasteiger partial charge in [0.1, 0.15) is 0 Å². The third kappa shape index (κ3) is 3.72. The van der Waals surface area contributed by atoms with Gasteiger partial charge in [0.2, 0.25) is 0 Å². The van der Waals surface area contributed by atoms with E-state index in [1.54, 1.807) is 10.9 Å². The van der Waals surface area contributed by atoms with Crippen LogP contribution < -0.4 is 5.32 Å². The fraction of sp³-hybridized carbons (Fsp3) is 0.600. The van der Waals surface area contributed by atoms with Crippen LogP contribution in [0.2, 0.25) is 0 Å². The van der Waals surface area contributed by atoms with Crippen molar-refractivity contribution in [1.82, 2.24) is 14.7 Å². The van der Waals surface area contributed by atoms with Crippen molar-refractivity contribution in [1.29, 1.82) is 0 Å². The summed E-state index contributed by atoms with van der Waals surface area (Å²) >= 11 is 0. The number of amides is 1. The minimum absolute atomic E-state index is 0.500. The van der Waals surface area contributed by atoms with Gasteiger partial charge in [-0.3, -0.25) is 14.9 Å². The van der Waals surface area contributed by atoms with Gasteiger partial charge < -0.3 is 9.84 Å². The molecule has 0 spiro atoms. The van der Waals surface area contributed by atoms with E-state index in [2.05, 4.69) is 15.3 Å². The Labute approximate surface area is 99.0 Å². The van der Waals surface area contributed by atoms with Crippen LogP contribution in [0.4, 0.5) is 10.5 Å². The Balaban J connectivity index is 1.78. The first-order valence-electron chi connectivity index (χ1n) is 5.56. The number of aromatic nitrogens is 2. The summed E-state index contributed by atoms with van der Waals surface area (Å²) in [5.41, 5.74) is 0.500. The van der Waals surface area contributed by atoms with E-state index in [-0.39, 0.29) is 0 Å². The van der Waals surface area contributed by atoms with Crippen LogP contribution >= 0.6 is 0 Å². The summed E-state index contributed by atoms with van der Waals surface area (Å²) < 4.78 is 7.00. The van der Waals surface area contributed by atoms with E-state index in [1.165, 1.54) is 6.20 Å². The van der Waals surface area contributed by atoms with Crippen molar-refractivity contribution in [2.75, 3.05) is 38.2 Å². The zero-order valence-corrected chi connectivity index (χ0v) is 9.50. The van der Waals surface area contributed by atoms with Gasteiger partial charge in [0.15, 0.2) is 0 Å². The molecule has 0 bridgehead atoms. The zero-order chi connectivity index (χ0) is 12.1. The second-order valence-electron chi connectivity index (χ2n) is 3.88. The Hall–Kier alpha value is -1.60. The Morgan fingerprint density at radius 3 is 2.94 bits per heavy atom. The molecule has 17 heavy (non-hydrogen) atoms. The maximum Gasteiger partial charge on any atom is 0.409 e. The number of anilines is 1. The molecule has 1 aliphatic heterocycles. The Bertz CT molecular complexity index is 373. The van der Waals surface area contributed by atoms with Crippen molar-refractivity contribution in [2.24, 2.45) is 0 Å². The van der Waals surface area contributed by atoms with E-state index >= 15 is 0 Å². The van der Waals surface area contributed by atoms with Gasteiger partial charge in [0, 0.05) is 25.8 Å². The molecule has 2 rings (SSSR count). The minimum Gasteiger partial charge on any atom is -0.465 e. The number of rotatable bonds is 4. The molecule has 0 atom stereocenters. The van der Waals surface area contributed by atoms with Gasteiger partial charge in [-0.25, -0.2) is 4.79 Å². The van der Waals surface area contributed by atoms with Gasteiger partial charge in [-0.15, -0.1) is 0 Å². The van der Waals surface area contributed by atoms with E-state index in [0.29, 0.717) is 5.69 Å². The molecule has 2 heterocycles. The van der Waals surface area contributed by atoms with Crippen LogP contribution in [0, 0.1) is 0 Å². The summed E-state index contributed by atoms with van der Waals surface area (Å²) in [5.74, 6) is 0. The Morgan fingerprint density at radius 2 is 2.24 bits per heavy atom. The van der Waals surface area contributed by atoms with Crippen molar-refractivity contribution in [3.63, 3.8) is 0 Å². The molecule has 0 aliphatic carbocycles. The second-order valence-corrected chi connectivity index (χ2v) is 3.88. The van der Waals surface area contributed by atoms with Gasteiger partial charge in [-0.2, -0.15) is 5.10 Å². The number of morpholine rings is 1. The van der Waals surface area contributed by atoms with Crippen molar-refractivity contribution in [3.05, 3.63) is 12.4 Å². The van der Waals surface area contributed by atoms with Crippen LogP contribution in [0.15, 0.2) is 12.4 Å². The lowest BCUT2D eigenvalue weighted by atomic mass is 10.4. The molecule has 2 N–H and O–H groups in total. The van der Waals surface area contributed by atoms with Crippen molar-refractivity contribution in [2.45, 2.75) is 6.54 Å². The zero-order valence-electron chi connectivity index (χ0n) is 9.50. The van der Waals surface area contributed by atoms with E-state index in [1.807, 2.05) is 0 Å². The first-order chi connectivity index (χ1) is 8.24. The van der Waals surface area contributed by atoms with Crippen LogP contribution in [0.25, 0.3) is 0 Å². The lowest BCUT2D eigenvalue weighted by Gasteiger charge is -2.26. The maximum absolute atomic E-state index is 10.4. The third-order valence-electron chi connectivity index (χ3n) is 2.63. The van der Waals surface area contributed by atoms with Crippen LogP contribution in [-0.4, -0.2) is 58.7 Å². The Kier molecular flexibility index (Phi) is 3.94. The molecule has 1 fully saturated rings. The smallest absolute Gasteiger partial charge is 0.409 e. The fourth-order valence-corrected chi connectivity index (χ4v) is 1.74. The molecule has 1 aromatic heterocycles. The van der Waals surface area contributed by atoms with Gasteiger partial charge in [0.05, 0.1) is 31.6 Å². The lowest BCUT2D eigenvalue weighted by molar-refractivity contribution is 0.0360. The van der Waals surface area contributed by atoms with Crippen molar-refractivity contribution >= 4 is 11.8 Å².